The van der Waals surface area contributed by atoms with E-state index in [1.165, 1.54) is 0 Å². The monoisotopic (exact) mass is 226 g/mol. The predicted octanol–water partition coefficient (Wildman–Crippen LogP) is -0.484. The Labute approximate surface area is 88.9 Å². The fraction of sp³-hybridized carbons (Fsp3) is 0.250. The number of rotatable bonds is 5. The van der Waals surface area contributed by atoms with Crippen LogP contribution in [0, 0.1) is 0 Å². The Morgan fingerprint density at radius 1 is 1.25 bits per heavy atom. The first-order chi connectivity index (χ1) is 7.43. The highest BCUT2D eigenvalue weighted by atomic mass is 16.6. The average molecular weight is 226 g/mol. The maximum absolute atomic E-state index is 11.0. The van der Waals surface area contributed by atoms with Crippen molar-refractivity contribution >= 4 is 24.1 Å². The molecule has 0 aliphatic carbocycles. The summed E-state index contributed by atoms with van der Waals surface area (Å²) in [6.07, 6.45) is 3.18. The molecule has 0 aromatic rings. The first-order valence-electron chi connectivity index (χ1n) is 3.75. The van der Waals surface area contributed by atoms with Crippen molar-refractivity contribution in [1.29, 1.82) is 0 Å². The summed E-state index contributed by atoms with van der Waals surface area (Å²) in [5.74, 6) is -4.58. The minimum Gasteiger partial charge on any atom is -0.478 e. The maximum Gasteiger partial charge on any atom is 0.334 e. The Kier molecular flexibility index (Phi) is 5.06. The molecular formula is C8H6N2O6. The van der Waals surface area contributed by atoms with Crippen molar-refractivity contribution in [3.8, 4) is 0 Å². The molecule has 0 rings (SSSR count). The quantitative estimate of drug-likeness (QED) is 0.292. The first kappa shape index (κ1) is 13.4. The van der Waals surface area contributed by atoms with Gasteiger partial charge in [-0.15, -0.1) is 9.98 Å². The molecule has 0 aromatic heterocycles. The van der Waals surface area contributed by atoms with Crippen LogP contribution in [0.25, 0.3) is 0 Å². The van der Waals surface area contributed by atoms with Crippen LogP contribution in [0.4, 0.5) is 0 Å². The molecule has 0 atom stereocenters. The summed E-state index contributed by atoms with van der Waals surface area (Å²) in [5.41, 5.74) is 0. The van der Waals surface area contributed by atoms with E-state index in [2.05, 4.69) is 14.7 Å². The minimum atomic E-state index is -2.08. The molecule has 0 aliphatic rings. The standard InChI is InChI=1S/C8H6N2O6/c1-8(9-4-11,10-5-12)16-7(15)3-2-6(13)14/h2-3H,1H3,(H,13,14)/b3-2+. The van der Waals surface area contributed by atoms with Gasteiger partial charge >= 0.3 is 17.8 Å². The van der Waals surface area contributed by atoms with Gasteiger partial charge in [-0.25, -0.2) is 19.2 Å². The molecule has 0 saturated carbocycles. The normalized spacial score (nSPS) is 13.1. The molecule has 0 bridgehead atoms. The number of aliphatic imine (C=N–C) groups is 2. The highest BCUT2D eigenvalue weighted by Gasteiger charge is 2.26. The highest BCUT2D eigenvalue weighted by Crippen LogP contribution is 2.13. The number of carbonyl (C=O) groups is 2. The zero-order valence-corrected chi connectivity index (χ0v) is 8.04. The van der Waals surface area contributed by atoms with E-state index in [9.17, 15) is 19.2 Å². The molecule has 16 heavy (non-hydrogen) atoms. The van der Waals surface area contributed by atoms with Crippen LogP contribution < -0.4 is 0 Å². The van der Waals surface area contributed by atoms with E-state index in [1.54, 1.807) is 0 Å². The molecular weight excluding hydrogens is 220 g/mol. The van der Waals surface area contributed by atoms with E-state index in [-0.39, 0.29) is 0 Å². The van der Waals surface area contributed by atoms with Gasteiger partial charge in [-0.1, -0.05) is 0 Å². The molecule has 0 saturated heterocycles. The molecule has 8 nitrogen and oxygen atoms in total. The summed E-state index contributed by atoms with van der Waals surface area (Å²) in [6.45, 7) is 1.02. The summed E-state index contributed by atoms with van der Waals surface area (Å²) < 4.78 is 4.42. The fourth-order valence-electron chi connectivity index (χ4n) is 0.604. The molecule has 0 aliphatic heterocycles. The summed E-state index contributed by atoms with van der Waals surface area (Å²) in [4.78, 5) is 46.8. The zero-order chi connectivity index (χ0) is 12.6. The second-order valence-electron chi connectivity index (χ2n) is 2.43. The van der Waals surface area contributed by atoms with E-state index >= 15 is 0 Å². The van der Waals surface area contributed by atoms with Gasteiger partial charge < -0.3 is 9.84 Å². The van der Waals surface area contributed by atoms with Gasteiger partial charge in [-0.05, 0) is 0 Å². The van der Waals surface area contributed by atoms with E-state index in [0.29, 0.717) is 12.2 Å². The second-order valence-corrected chi connectivity index (χ2v) is 2.43. The molecule has 0 unspecified atom stereocenters. The summed E-state index contributed by atoms with van der Waals surface area (Å²) in [7, 11) is 0. The highest BCUT2D eigenvalue weighted by molar-refractivity contribution is 5.90. The Morgan fingerprint density at radius 3 is 2.12 bits per heavy atom. The molecule has 0 amide bonds. The van der Waals surface area contributed by atoms with Crippen LogP contribution in [-0.4, -0.2) is 35.1 Å². The van der Waals surface area contributed by atoms with Crippen molar-refractivity contribution in [2.24, 2.45) is 9.98 Å². The number of carboxylic acids is 1. The predicted molar refractivity (Wildman–Crippen MR) is 47.5 cm³/mol. The smallest absolute Gasteiger partial charge is 0.334 e. The molecule has 1 N–H and O–H groups in total. The number of carboxylic acid groups (broad SMARTS) is 1. The summed E-state index contributed by atoms with van der Waals surface area (Å²) in [5, 5.41) is 8.20. The molecule has 0 heterocycles. The molecule has 0 aromatic carbocycles. The van der Waals surface area contributed by atoms with Crippen molar-refractivity contribution in [1.82, 2.24) is 0 Å². The number of esters is 1. The number of aliphatic carboxylic acids is 1. The van der Waals surface area contributed by atoms with Gasteiger partial charge in [0.05, 0.1) is 0 Å². The van der Waals surface area contributed by atoms with E-state index in [4.69, 9.17) is 5.11 Å². The van der Waals surface area contributed by atoms with Gasteiger partial charge in [0, 0.05) is 19.1 Å². The van der Waals surface area contributed by atoms with Crippen LogP contribution in [0.15, 0.2) is 22.1 Å². The lowest BCUT2D eigenvalue weighted by Gasteiger charge is -2.14. The van der Waals surface area contributed by atoms with Crippen molar-refractivity contribution in [2.45, 2.75) is 12.8 Å². The first-order valence-corrected chi connectivity index (χ1v) is 3.75. The SMILES string of the molecule is CC(N=C=O)(N=C=O)OC(=O)/C=C/C(=O)O. The lowest BCUT2D eigenvalue weighted by Crippen LogP contribution is -2.26. The van der Waals surface area contributed by atoms with Gasteiger partial charge in [0.15, 0.2) is 0 Å². The van der Waals surface area contributed by atoms with Crippen LogP contribution in [0.3, 0.4) is 0 Å². The summed E-state index contributed by atoms with van der Waals surface area (Å²) in [6, 6.07) is 0. The molecule has 0 radical (unpaired) electrons. The van der Waals surface area contributed by atoms with Gasteiger partial charge in [-0.3, -0.25) is 0 Å². The van der Waals surface area contributed by atoms with Crippen LogP contribution in [-0.2, 0) is 23.9 Å². The molecule has 84 valence electrons. The van der Waals surface area contributed by atoms with Crippen molar-refractivity contribution in [3.05, 3.63) is 12.2 Å². The van der Waals surface area contributed by atoms with Crippen molar-refractivity contribution in [2.75, 3.05) is 0 Å². The van der Waals surface area contributed by atoms with Crippen LogP contribution >= 0.6 is 0 Å². The molecule has 0 spiro atoms. The van der Waals surface area contributed by atoms with Gasteiger partial charge in [0.2, 0.25) is 12.2 Å². The number of isocyanates is 2. The van der Waals surface area contributed by atoms with Crippen molar-refractivity contribution in [3.63, 3.8) is 0 Å². The van der Waals surface area contributed by atoms with E-state index in [0.717, 1.165) is 19.1 Å². The Balaban J connectivity index is 4.78. The van der Waals surface area contributed by atoms with Crippen LogP contribution in [0.1, 0.15) is 6.92 Å². The van der Waals surface area contributed by atoms with E-state index < -0.39 is 17.8 Å². The van der Waals surface area contributed by atoms with Gasteiger partial charge in [0.1, 0.15) is 0 Å². The van der Waals surface area contributed by atoms with Crippen LogP contribution in [0.2, 0.25) is 0 Å². The Morgan fingerprint density at radius 2 is 1.75 bits per heavy atom. The summed E-state index contributed by atoms with van der Waals surface area (Å²) >= 11 is 0. The lowest BCUT2D eigenvalue weighted by molar-refractivity contribution is -0.150. The zero-order valence-electron chi connectivity index (χ0n) is 8.04. The number of ether oxygens (including phenoxy) is 1. The maximum atomic E-state index is 11.0. The van der Waals surface area contributed by atoms with Gasteiger partial charge in [-0.2, -0.15) is 0 Å². The molecule has 0 fully saturated rings. The Hall–Kier alpha value is -2.56. The number of carbonyl (C=O) groups excluding carboxylic acids is 3. The van der Waals surface area contributed by atoms with Crippen LogP contribution in [0.5, 0.6) is 0 Å². The van der Waals surface area contributed by atoms with E-state index in [1.807, 2.05) is 0 Å². The molecule has 8 heteroatoms. The lowest BCUT2D eigenvalue weighted by atomic mass is 10.4. The minimum absolute atomic E-state index is 0.512. The number of hydrogen-bond acceptors (Lipinski definition) is 7. The fourth-order valence-corrected chi connectivity index (χ4v) is 0.604. The third kappa shape index (κ3) is 5.23. The average Bonchev–Trinajstić information content (AvgIpc) is 2.15. The number of hydrogen-bond donors (Lipinski definition) is 1. The largest absolute Gasteiger partial charge is 0.478 e. The second kappa shape index (κ2) is 6.02. The third-order valence-electron chi connectivity index (χ3n) is 1.16. The van der Waals surface area contributed by atoms with Crippen molar-refractivity contribution < 1.29 is 29.0 Å². The number of nitrogens with zero attached hydrogens (tertiary/aromatic N) is 2. The topological polar surface area (TPSA) is 122 Å². The van der Waals surface area contributed by atoms with Gasteiger partial charge in [0.25, 0.3) is 0 Å². The Bertz CT molecular complexity index is 396. The third-order valence-corrected chi connectivity index (χ3v) is 1.16.